The second-order valence-corrected chi connectivity index (χ2v) is 4.63. The van der Waals surface area contributed by atoms with Crippen molar-refractivity contribution in [3.63, 3.8) is 0 Å². The molecule has 1 aromatic carbocycles. The van der Waals surface area contributed by atoms with Gasteiger partial charge in [0.25, 0.3) is 5.56 Å². The molecule has 3 N–H and O–H groups in total. The lowest BCUT2D eigenvalue weighted by molar-refractivity contribution is 0.318. The number of benzene rings is 1. The minimum Gasteiger partial charge on any atom is -0.493 e. The summed E-state index contributed by atoms with van der Waals surface area (Å²) in [4.78, 5) is 18.5. The van der Waals surface area contributed by atoms with Crippen LogP contribution in [0.4, 0.5) is 0 Å². The summed E-state index contributed by atoms with van der Waals surface area (Å²) in [6.45, 7) is 2.98. The van der Waals surface area contributed by atoms with E-state index in [9.17, 15) is 4.79 Å². The second kappa shape index (κ2) is 6.86. The van der Waals surface area contributed by atoms with Crippen molar-refractivity contribution in [2.24, 2.45) is 5.73 Å². The molecule has 0 saturated heterocycles. The van der Waals surface area contributed by atoms with Gasteiger partial charge in [-0.3, -0.25) is 4.79 Å². The maximum absolute atomic E-state index is 11.5. The molecule has 0 aliphatic carbocycles. The highest BCUT2D eigenvalue weighted by Gasteiger charge is 2.02. The fraction of sp³-hybridized carbons (Fsp3) is 0.333. The van der Waals surface area contributed by atoms with Crippen LogP contribution >= 0.6 is 0 Å². The molecule has 5 heteroatoms. The van der Waals surface area contributed by atoms with E-state index < -0.39 is 0 Å². The normalized spacial score (nSPS) is 10.5. The van der Waals surface area contributed by atoms with Crippen LogP contribution in [-0.2, 0) is 12.8 Å². The Bertz CT molecular complexity index is 605. The molecule has 0 spiro atoms. The van der Waals surface area contributed by atoms with E-state index >= 15 is 0 Å². The van der Waals surface area contributed by atoms with Gasteiger partial charge in [0, 0.05) is 24.6 Å². The van der Waals surface area contributed by atoms with Crippen LogP contribution in [0.2, 0.25) is 0 Å². The standard InChI is InChI=1S/C15H19N3O2/c1-11-2-4-13(5-3-11)20-9-7-14-17-12(6-8-16)10-15(19)18-14/h2-5,10H,6-9,16H2,1H3,(H,17,18,19). The highest BCUT2D eigenvalue weighted by atomic mass is 16.5. The third-order valence-corrected chi connectivity index (χ3v) is 2.87. The van der Waals surface area contributed by atoms with Crippen LogP contribution < -0.4 is 16.0 Å². The van der Waals surface area contributed by atoms with Gasteiger partial charge in [-0.2, -0.15) is 0 Å². The van der Waals surface area contributed by atoms with Crippen LogP contribution in [0, 0.1) is 6.92 Å². The zero-order valence-corrected chi connectivity index (χ0v) is 11.6. The van der Waals surface area contributed by atoms with Crippen molar-refractivity contribution in [3.05, 3.63) is 57.8 Å². The molecule has 0 fully saturated rings. The first-order valence-electron chi connectivity index (χ1n) is 6.66. The first-order valence-corrected chi connectivity index (χ1v) is 6.66. The van der Waals surface area contributed by atoms with E-state index in [0.29, 0.717) is 31.8 Å². The van der Waals surface area contributed by atoms with E-state index in [1.807, 2.05) is 31.2 Å². The van der Waals surface area contributed by atoms with Crippen molar-refractivity contribution >= 4 is 0 Å². The molecule has 0 aliphatic heterocycles. The Labute approximate surface area is 117 Å². The Morgan fingerprint density at radius 2 is 2.00 bits per heavy atom. The molecule has 5 nitrogen and oxygen atoms in total. The second-order valence-electron chi connectivity index (χ2n) is 4.63. The highest BCUT2D eigenvalue weighted by Crippen LogP contribution is 2.11. The molecule has 0 radical (unpaired) electrons. The van der Waals surface area contributed by atoms with E-state index in [-0.39, 0.29) is 5.56 Å². The number of aromatic amines is 1. The van der Waals surface area contributed by atoms with E-state index in [1.54, 1.807) is 0 Å². The summed E-state index contributed by atoms with van der Waals surface area (Å²) in [6, 6.07) is 9.33. The highest BCUT2D eigenvalue weighted by molar-refractivity contribution is 5.26. The summed E-state index contributed by atoms with van der Waals surface area (Å²) < 4.78 is 5.62. The molecule has 0 unspecified atom stereocenters. The minimum absolute atomic E-state index is 0.145. The van der Waals surface area contributed by atoms with Gasteiger partial charge in [-0.05, 0) is 25.6 Å². The average Bonchev–Trinajstić information content (AvgIpc) is 2.41. The van der Waals surface area contributed by atoms with E-state index in [0.717, 1.165) is 11.4 Å². The van der Waals surface area contributed by atoms with Gasteiger partial charge >= 0.3 is 0 Å². The number of hydrogen-bond acceptors (Lipinski definition) is 4. The smallest absolute Gasteiger partial charge is 0.251 e. The molecule has 0 atom stereocenters. The summed E-state index contributed by atoms with van der Waals surface area (Å²) in [5, 5.41) is 0. The van der Waals surface area contributed by atoms with Crippen LogP contribution in [0.3, 0.4) is 0 Å². The van der Waals surface area contributed by atoms with Gasteiger partial charge in [-0.15, -0.1) is 0 Å². The summed E-state index contributed by atoms with van der Waals surface area (Å²) in [6.07, 6.45) is 1.16. The predicted molar refractivity (Wildman–Crippen MR) is 78.0 cm³/mol. The van der Waals surface area contributed by atoms with Gasteiger partial charge in [-0.25, -0.2) is 4.98 Å². The molecule has 0 saturated carbocycles. The van der Waals surface area contributed by atoms with Crippen molar-refractivity contribution < 1.29 is 4.74 Å². The Balaban J connectivity index is 1.93. The van der Waals surface area contributed by atoms with Crippen molar-refractivity contribution in [2.45, 2.75) is 19.8 Å². The largest absolute Gasteiger partial charge is 0.493 e. The molecule has 1 aromatic heterocycles. The fourth-order valence-corrected chi connectivity index (χ4v) is 1.86. The Morgan fingerprint density at radius 1 is 1.25 bits per heavy atom. The quantitative estimate of drug-likeness (QED) is 0.828. The topological polar surface area (TPSA) is 81.0 Å². The SMILES string of the molecule is Cc1ccc(OCCc2nc(CCN)cc(=O)[nH]2)cc1. The summed E-state index contributed by atoms with van der Waals surface area (Å²) in [5.74, 6) is 1.45. The number of nitrogens with zero attached hydrogens (tertiary/aromatic N) is 1. The Kier molecular flexibility index (Phi) is 4.90. The van der Waals surface area contributed by atoms with Crippen LogP contribution in [0.15, 0.2) is 35.1 Å². The number of ether oxygens (including phenoxy) is 1. The number of H-pyrrole nitrogens is 1. The molecule has 0 bridgehead atoms. The van der Waals surface area contributed by atoms with Crippen molar-refractivity contribution in [3.8, 4) is 5.75 Å². The third kappa shape index (κ3) is 4.20. The molecular formula is C15H19N3O2. The molecule has 2 aromatic rings. The molecular weight excluding hydrogens is 254 g/mol. The fourth-order valence-electron chi connectivity index (χ4n) is 1.86. The van der Waals surface area contributed by atoms with E-state index in [1.165, 1.54) is 11.6 Å². The molecule has 0 aliphatic rings. The minimum atomic E-state index is -0.145. The lowest BCUT2D eigenvalue weighted by Gasteiger charge is -2.07. The molecule has 1 heterocycles. The van der Waals surface area contributed by atoms with Gasteiger partial charge < -0.3 is 15.5 Å². The number of nitrogens with one attached hydrogen (secondary N) is 1. The van der Waals surface area contributed by atoms with Gasteiger partial charge in [0.05, 0.1) is 6.61 Å². The molecule has 2 rings (SSSR count). The van der Waals surface area contributed by atoms with Gasteiger partial charge in [-0.1, -0.05) is 17.7 Å². The molecule has 0 amide bonds. The Hall–Kier alpha value is -2.14. The zero-order chi connectivity index (χ0) is 14.4. The van der Waals surface area contributed by atoms with Crippen LogP contribution in [0.5, 0.6) is 5.75 Å². The maximum Gasteiger partial charge on any atom is 0.251 e. The van der Waals surface area contributed by atoms with Crippen molar-refractivity contribution in [1.82, 2.24) is 9.97 Å². The average molecular weight is 273 g/mol. The van der Waals surface area contributed by atoms with Crippen LogP contribution in [-0.4, -0.2) is 23.1 Å². The van der Waals surface area contributed by atoms with Crippen LogP contribution in [0.25, 0.3) is 0 Å². The zero-order valence-electron chi connectivity index (χ0n) is 11.6. The number of hydrogen-bond donors (Lipinski definition) is 2. The summed E-state index contributed by atoms with van der Waals surface area (Å²) >= 11 is 0. The summed E-state index contributed by atoms with van der Waals surface area (Å²) in [5.41, 5.74) is 7.24. The third-order valence-electron chi connectivity index (χ3n) is 2.87. The number of rotatable bonds is 6. The number of aromatic nitrogens is 2. The van der Waals surface area contributed by atoms with Gasteiger partial charge in [0.1, 0.15) is 11.6 Å². The summed E-state index contributed by atoms with van der Waals surface area (Å²) in [7, 11) is 0. The Morgan fingerprint density at radius 3 is 2.70 bits per heavy atom. The first kappa shape index (κ1) is 14.3. The van der Waals surface area contributed by atoms with Gasteiger partial charge in [0.2, 0.25) is 0 Å². The van der Waals surface area contributed by atoms with Gasteiger partial charge in [0.15, 0.2) is 0 Å². The van der Waals surface area contributed by atoms with Crippen molar-refractivity contribution in [1.29, 1.82) is 0 Å². The first-order chi connectivity index (χ1) is 9.67. The molecule has 106 valence electrons. The monoisotopic (exact) mass is 273 g/mol. The lowest BCUT2D eigenvalue weighted by atomic mass is 10.2. The van der Waals surface area contributed by atoms with E-state index in [4.69, 9.17) is 10.5 Å². The van der Waals surface area contributed by atoms with Crippen molar-refractivity contribution in [2.75, 3.05) is 13.2 Å². The van der Waals surface area contributed by atoms with Crippen LogP contribution in [0.1, 0.15) is 17.1 Å². The lowest BCUT2D eigenvalue weighted by Crippen LogP contribution is -2.16. The predicted octanol–water partition coefficient (Wildman–Crippen LogP) is 1.20. The maximum atomic E-state index is 11.5. The number of nitrogens with two attached hydrogens (primary N) is 1. The van der Waals surface area contributed by atoms with E-state index in [2.05, 4.69) is 9.97 Å². The molecule has 20 heavy (non-hydrogen) atoms. The number of aryl methyl sites for hydroxylation is 1.